The molecule has 1 atom stereocenters. The summed E-state index contributed by atoms with van der Waals surface area (Å²) >= 11 is 0. The third kappa shape index (κ3) is 5.06. The average molecular weight is 427 g/mol. The van der Waals surface area contributed by atoms with Crippen LogP contribution in [-0.4, -0.2) is 24.0 Å². The normalized spacial score (nSPS) is 11.7. The van der Waals surface area contributed by atoms with Crippen LogP contribution in [0.1, 0.15) is 29.3 Å². The van der Waals surface area contributed by atoms with Crippen LogP contribution in [-0.2, 0) is 6.42 Å². The standard InChI is InChI=1S/C27H26N2O3/c1-19(12-13-20-8-4-3-5-9-20)29-26(30)23-10-6-7-11-24(23)27-28-18-25(32-27)21-14-16-22(31-2)17-15-21/h3-11,14-19H,12-13H2,1-2H3,(H,29,30)/t19-/m0/s1. The lowest BCUT2D eigenvalue weighted by molar-refractivity contribution is 0.0939. The second-order valence-corrected chi connectivity index (χ2v) is 7.70. The Morgan fingerprint density at radius 1 is 1.00 bits per heavy atom. The fourth-order valence-electron chi connectivity index (χ4n) is 3.56. The van der Waals surface area contributed by atoms with Crippen molar-refractivity contribution in [1.82, 2.24) is 10.3 Å². The highest BCUT2D eigenvalue weighted by Crippen LogP contribution is 2.29. The molecule has 0 fully saturated rings. The molecule has 3 aromatic carbocycles. The molecule has 4 aromatic rings. The Balaban J connectivity index is 1.47. The van der Waals surface area contributed by atoms with E-state index >= 15 is 0 Å². The molecule has 32 heavy (non-hydrogen) atoms. The van der Waals surface area contributed by atoms with Crippen LogP contribution in [0, 0.1) is 0 Å². The van der Waals surface area contributed by atoms with Gasteiger partial charge in [0.15, 0.2) is 5.76 Å². The van der Waals surface area contributed by atoms with E-state index in [0.717, 1.165) is 24.2 Å². The molecule has 162 valence electrons. The number of methoxy groups -OCH3 is 1. The van der Waals surface area contributed by atoms with Gasteiger partial charge < -0.3 is 14.5 Å². The van der Waals surface area contributed by atoms with E-state index in [4.69, 9.17) is 9.15 Å². The number of nitrogens with zero attached hydrogens (tertiary/aromatic N) is 1. The van der Waals surface area contributed by atoms with Crippen molar-refractivity contribution >= 4 is 5.91 Å². The zero-order chi connectivity index (χ0) is 22.3. The molecule has 0 aliphatic rings. The van der Waals surface area contributed by atoms with Gasteiger partial charge in [0.2, 0.25) is 5.89 Å². The third-order valence-electron chi connectivity index (χ3n) is 5.37. The van der Waals surface area contributed by atoms with Crippen LogP contribution in [0.25, 0.3) is 22.8 Å². The van der Waals surface area contributed by atoms with Crippen molar-refractivity contribution in [3.05, 3.63) is 96.2 Å². The van der Waals surface area contributed by atoms with Crippen LogP contribution in [0.4, 0.5) is 0 Å². The molecule has 1 aromatic heterocycles. The zero-order valence-electron chi connectivity index (χ0n) is 18.2. The molecule has 0 saturated heterocycles. The minimum atomic E-state index is -0.134. The van der Waals surface area contributed by atoms with Crippen molar-refractivity contribution < 1.29 is 13.9 Å². The lowest BCUT2D eigenvalue weighted by Gasteiger charge is -2.15. The number of aryl methyl sites for hydroxylation is 1. The summed E-state index contributed by atoms with van der Waals surface area (Å²) < 4.78 is 11.2. The average Bonchev–Trinajstić information content (AvgIpc) is 3.34. The summed E-state index contributed by atoms with van der Waals surface area (Å²) in [5.74, 6) is 1.69. The zero-order valence-corrected chi connectivity index (χ0v) is 18.2. The van der Waals surface area contributed by atoms with Gasteiger partial charge in [-0.05, 0) is 61.7 Å². The molecule has 0 bridgehead atoms. The van der Waals surface area contributed by atoms with Crippen LogP contribution >= 0.6 is 0 Å². The van der Waals surface area contributed by atoms with Crippen molar-refractivity contribution in [2.24, 2.45) is 0 Å². The first kappa shape index (κ1) is 21.4. The van der Waals surface area contributed by atoms with Gasteiger partial charge >= 0.3 is 0 Å². The van der Waals surface area contributed by atoms with Gasteiger partial charge in [-0.2, -0.15) is 0 Å². The number of hydrogen-bond acceptors (Lipinski definition) is 4. The SMILES string of the molecule is COc1ccc(-c2cnc(-c3ccccc3C(=O)N[C@@H](C)CCc3ccccc3)o2)cc1. The number of rotatable bonds is 8. The number of carbonyl (C=O) groups excluding carboxylic acids is 1. The van der Waals surface area contributed by atoms with Gasteiger partial charge in [-0.3, -0.25) is 4.79 Å². The number of hydrogen-bond donors (Lipinski definition) is 1. The Labute approximate surface area is 188 Å². The van der Waals surface area contributed by atoms with Gasteiger partial charge in [0.1, 0.15) is 5.75 Å². The van der Waals surface area contributed by atoms with Crippen molar-refractivity contribution in [3.63, 3.8) is 0 Å². The van der Waals surface area contributed by atoms with E-state index in [1.165, 1.54) is 5.56 Å². The van der Waals surface area contributed by atoms with Gasteiger partial charge in [0.25, 0.3) is 5.91 Å². The van der Waals surface area contributed by atoms with E-state index in [2.05, 4.69) is 22.4 Å². The van der Waals surface area contributed by atoms with Gasteiger partial charge in [-0.15, -0.1) is 0 Å². The molecule has 0 saturated carbocycles. The maximum atomic E-state index is 13.0. The molecular formula is C27H26N2O3. The monoisotopic (exact) mass is 426 g/mol. The third-order valence-corrected chi connectivity index (χ3v) is 5.37. The number of carbonyl (C=O) groups is 1. The van der Waals surface area contributed by atoms with Crippen LogP contribution in [0.2, 0.25) is 0 Å². The van der Waals surface area contributed by atoms with Crippen molar-refractivity contribution in [1.29, 1.82) is 0 Å². The number of aromatic nitrogens is 1. The highest BCUT2D eigenvalue weighted by Gasteiger charge is 2.18. The van der Waals surface area contributed by atoms with Crippen LogP contribution in [0.15, 0.2) is 89.5 Å². The van der Waals surface area contributed by atoms with E-state index in [1.54, 1.807) is 19.4 Å². The molecule has 1 amide bonds. The number of ether oxygens (including phenoxy) is 1. The molecule has 1 N–H and O–H groups in total. The fraction of sp³-hybridized carbons (Fsp3) is 0.185. The molecule has 0 aliphatic carbocycles. The number of oxazole rings is 1. The van der Waals surface area contributed by atoms with Gasteiger partial charge in [-0.1, -0.05) is 42.5 Å². The van der Waals surface area contributed by atoms with Crippen LogP contribution in [0.5, 0.6) is 5.75 Å². The Hall–Kier alpha value is -3.86. The number of benzene rings is 3. The van der Waals surface area contributed by atoms with E-state index < -0.39 is 0 Å². The summed E-state index contributed by atoms with van der Waals surface area (Å²) in [5, 5.41) is 3.11. The second-order valence-electron chi connectivity index (χ2n) is 7.70. The Kier molecular flexibility index (Phi) is 6.66. The second kappa shape index (κ2) is 9.96. The molecule has 0 radical (unpaired) electrons. The number of amides is 1. The summed E-state index contributed by atoms with van der Waals surface area (Å²) in [7, 11) is 1.63. The maximum Gasteiger partial charge on any atom is 0.252 e. The van der Waals surface area contributed by atoms with E-state index in [9.17, 15) is 4.79 Å². The summed E-state index contributed by atoms with van der Waals surface area (Å²) in [4.78, 5) is 17.4. The van der Waals surface area contributed by atoms with Gasteiger partial charge in [0.05, 0.1) is 18.9 Å². The molecule has 4 rings (SSSR count). The molecule has 1 heterocycles. The first-order valence-electron chi connectivity index (χ1n) is 10.7. The minimum absolute atomic E-state index is 0.0372. The van der Waals surface area contributed by atoms with Crippen molar-refractivity contribution in [2.75, 3.05) is 7.11 Å². The largest absolute Gasteiger partial charge is 0.497 e. The summed E-state index contributed by atoms with van der Waals surface area (Å²) in [6, 6.07) is 25.3. The Morgan fingerprint density at radius 3 is 2.47 bits per heavy atom. The predicted octanol–water partition coefficient (Wildman–Crippen LogP) is 5.77. The first-order chi connectivity index (χ1) is 15.6. The summed E-state index contributed by atoms with van der Waals surface area (Å²) in [5.41, 5.74) is 3.36. The lowest BCUT2D eigenvalue weighted by Crippen LogP contribution is -2.33. The highest BCUT2D eigenvalue weighted by molar-refractivity contribution is 6.00. The predicted molar refractivity (Wildman–Crippen MR) is 126 cm³/mol. The first-order valence-corrected chi connectivity index (χ1v) is 10.7. The Bertz CT molecular complexity index is 1170. The Morgan fingerprint density at radius 2 is 1.72 bits per heavy atom. The van der Waals surface area contributed by atoms with E-state index in [1.807, 2.05) is 67.6 Å². The minimum Gasteiger partial charge on any atom is -0.497 e. The highest BCUT2D eigenvalue weighted by atomic mass is 16.5. The molecule has 0 spiro atoms. The van der Waals surface area contributed by atoms with Crippen molar-refractivity contribution in [3.8, 4) is 28.5 Å². The fourth-order valence-corrected chi connectivity index (χ4v) is 3.56. The molecule has 0 aliphatic heterocycles. The topological polar surface area (TPSA) is 64.4 Å². The molecule has 0 unspecified atom stereocenters. The van der Waals surface area contributed by atoms with E-state index in [-0.39, 0.29) is 11.9 Å². The van der Waals surface area contributed by atoms with Gasteiger partial charge in [-0.25, -0.2) is 4.98 Å². The van der Waals surface area contributed by atoms with Crippen LogP contribution < -0.4 is 10.1 Å². The van der Waals surface area contributed by atoms with Crippen molar-refractivity contribution in [2.45, 2.75) is 25.8 Å². The lowest BCUT2D eigenvalue weighted by atomic mass is 10.0. The maximum absolute atomic E-state index is 13.0. The molecule has 5 nitrogen and oxygen atoms in total. The smallest absolute Gasteiger partial charge is 0.252 e. The molecule has 5 heteroatoms. The summed E-state index contributed by atoms with van der Waals surface area (Å²) in [6.45, 7) is 2.02. The van der Waals surface area contributed by atoms with E-state index in [0.29, 0.717) is 22.8 Å². The van der Waals surface area contributed by atoms with Crippen LogP contribution in [0.3, 0.4) is 0 Å². The summed E-state index contributed by atoms with van der Waals surface area (Å²) in [6.07, 6.45) is 3.45. The number of nitrogens with one attached hydrogen (secondary N) is 1. The molecular weight excluding hydrogens is 400 g/mol. The quantitative estimate of drug-likeness (QED) is 0.389. The van der Waals surface area contributed by atoms with Gasteiger partial charge in [0, 0.05) is 17.2 Å².